The van der Waals surface area contributed by atoms with E-state index in [0.717, 1.165) is 11.1 Å². The van der Waals surface area contributed by atoms with E-state index in [1.54, 1.807) is 36.4 Å². The summed E-state index contributed by atoms with van der Waals surface area (Å²) in [6, 6.07) is 27.3. The number of Topliss-reactive ketones (excluding diaryl/α,β-unsaturated/α-hetero) is 1. The van der Waals surface area contributed by atoms with E-state index in [9.17, 15) is 15.0 Å². The zero-order valence-electron chi connectivity index (χ0n) is 20.5. The molecule has 7 nitrogen and oxygen atoms in total. The van der Waals surface area contributed by atoms with Gasteiger partial charge in [0, 0.05) is 5.56 Å². The molecule has 1 saturated heterocycles. The fourth-order valence-corrected chi connectivity index (χ4v) is 4.41. The van der Waals surface area contributed by atoms with Gasteiger partial charge in [-0.05, 0) is 11.1 Å². The minimum atomic E-state index is -2.26. The summed E-state index contributed by atoms with van der Waals surface area (Å²) in [6.07, 6.45) is -3.05. The summed E-state index contributed by atoms with van der Waals surface area (Å²) in [6.45, 7) is 3.43. The molecule has 4 rings (SSSR count). The van der Waals surface area contributed by atoms with Crippen molar-refractivity contribution in [3.63, 3.8) is 0 Å². The van der Waals surface area contributed by atoms with Gasteiger partial charge in [0.15, 0.2) is 17.7 Å². The Morgan fingerprint density at radius 1 is 0.865 bits per heavy atom. The number of carbonyl (C=O) groups is 1. The Kier molecular flexibility index (Phi) is 9.35. The van der Waals surface area contributed by atoms with Gasteiger partial charge in [-0.3, -0.25) is 4.79 Å². The van der Waals surface area contributed by atoms with Crippen molar-refractivity contribution < 1.29 is 34.0 Å². The van der Waals surface area contributed by atoms with Gasteiger partial charge >= 0.3 is 0 Å². The first kappa shape index (κ1) is 26.9. The van der Waals surface area contributed by atoms with E-state index in [4.69, 9.17) is 18.9 Å². The van der Waals surface area contributed by atoms with E-state index in [0.29, 0.717) is 0 Å². The highest BCUT2D eigenvalue weighted by Crippen LogP contribution is 2.37. The van der Waals surface area contributed by atoms with Crippen molar-refractivity contribution in [2.45, 2.75) is 43.4 Å². The van der Waals surface area contributed by atoms with E-state index in [-0.39, 0.29) is 25.4 Å². The van der Waals surface area contributed by atoms with Crippen LogP contribution in [-0.2, 0) is 32.2 Å². The molecule has 1 fully saturated rings. The topological polar surface area (TPSA) is 94.5 Å². The molecule has 3 aromatic rings. The minimum absolute atomic E-state index is 0.0907. The van der Waals surface area contributed by atoms with Gasteiger partial charge in [-0.15, -0.1) is 6.58 Å². The fraction of sp³-hybridized carbons (Fsp3) is 0.300. The first-order chi connectivity index (χ1) is 18.1. The van der Waals surface area contributed by atoms with Crippen LogP contribution >= 0.6 is 0 Å². The van der Waals surface area contributed by atoms with E-state index in [1.165, 1.54) is 0 Å². The Labute approximate surface area is 216 Å². The summed E-state index contributed by atoms with van der Waals surface area (Å²) in [5, 5.41) is 22.3. The highest BCUT2D eigenvalue weighted by Gasteiger charge is 2.61. The molecule has 0 spiro atoms. The standard InChI is InChI=1S/C30H32O7/c1-2-18-34-29-26(35-20-22-12-6-3-7-13-22)28(36-21-23-14-8-4-9-15-23)30(33,25(19-31)37-29)27(32)24-16-10-5-11-17-24/h2-17,25-26,28-29,31,33H,1,18-21H2/t25-,26-,28-,29+,30+/m1/s1. The monoisotopic (exact) mass is 504 g/mol. The lowest BCUT2D eigenvalue weighted by Crippen LogP contribution is -2.71. The SMILES string of the molecule is C=CCO[C@H]1O[C@H](CO)[C@](O)(C(=O)c2ccccc2)[C@H](OCc2ccccc2)[C@H]1OCc1ccccc1. The van der Waals surface area contributed by atoms with Crippen LogP contribution in [0.25, 0.3) is 0 Å². The third-order valence-electron chi connectivity index (χ3n) is 6.29. The minimum Gasteiger partial charge on any atom is -0.394 e. The zero-order valence-corrected chi connectivity index (χ0v) is 20.5. The van der Waals surface area contributed by atoms with E-state index in [2.05, 4.69) is 6.58 Å². The van der Waals surface area contributed by atoms with Crippen LogP contribution in [0.3, 0.4) is 0 Å². The lowest BCUT2D eigenvalue weighted by molar-refractivity contribution is -0.333. The van der Waals surface area contributed by atoms with Crippen LogP contribution in [0, 0.1) is 0 Å². The van der Waals surface area contributed by atoms with Crippen LogP contribution in [0.15, 0.2) is 104 Å². The Bertz CT molecular complexity index is 1120. The van der Waals surface area contributed by atoms with Gasteiger partial charge in [-0.2, -0.15) is 0 Å². The van der Waals surface area contributed by atoms with Crippen molar-refractivity contribution in [1.82, 2.24) is 0 Å². The summed E-state index contributed by atoms with van der Waals surface area (Å²) in [7, 11) is 0. The molecule has 7 heteroatoms. The third kappa shape index (κ3) is 6.22. The first-order valence-corrected chi connectivity index (χ1v) is 12.2. The number of aliphatic hydroxyl groups excluding tert-OH is 1. The summed E-state index contributed by atoms with van der Waals surface area (Å²) >= 11 is 0. The third-order valence-corrected chi connectivity index (χ3v) is 6.29. The Hall–Kier alpha value is -3.17. The first-order valence-electron chi connectivity index (χ1n) is 12.2. The van der Waals surface area contributed by atoms with Crippen LogP contribution < -0.4 is 0 Å². The van der Waals surface area contributed by atoms with Crippen LogP contribution in [0.2, 0.25) is 0 Å². The molecule has 37 heavy (non-hydrogen) atoms. The van der Waals surface area contributed by atoms with Crippen molar-refractivity contribution in [3.8, 4) is 0 Å². The molecular weight excluding hydrogens is 472 g/mol. The van der Waals surface area contributed by atoms with Crippen molar-refractivity contribution in [1.29, 1.82) is 0 Å². The molecule has 0 aromatic heterocycles. The maximum atomic E-state index is 13.8. The highest BCUT2D eigenvalue weighted by atomic mass is 16.7. The van der Waals surface area contributed by atoms with Gasteiger partial charge in [0.1, 0.15) is 18.3 Å². The molecule has 3 aromatic carbocycles. The second-order valence-corrected chi connectivity index (χ2v) is 8.80. The molecule has 5 atom stereocenters. The van der Waals surface area contributed by atoms with Gasteiger partial charge in [0.2, 0.25) is 0 Å². The Balaban J connectivity index is 1.73. The summed E-state index contributed by atoms with van der Waals surface area (Å²) < 4.78 is 24.4. The molecule has 1 aliphatic heterocycles. The number of ether oxygens (including phenoxy) is 4. The zero-order chi connectivity index (χ0) is 26.1. The number of benzene rings is 3. The summed E-state index contributed by atoms with van der Waals surface area (Å²) in [5.41, 5.74) is -0.281. The average molecular weight is 505 g/mol. The van der Waals surface area contributed by atoms with Gasteiger partial charge in [-0.25, -0.2) is 0 Å². The molecule has 0 saturated carbocycles. The maximum Gasteiger partial charge on any atom is 0.199 e. The average Bonchev–Trinajstić information content (AvgIpc) is 2.96. The Morgan fingerprint density at radius 2 is 1.41 bits per heavy atom. The molecule has 0 aliphatic carbocycles. The largest absolute Gasteiger partial charge is 0.394 e. The number of rotatable bonds is 12. The number of hydrogen-bond donors (Lipinski definition) is 2. The molecule has 1 aliphatic rings. The van der Waals surface area contributed by atoms with E-state index < -0.39 is 42.6 Å². The van der Waals surface area contributed by atoms with Crippen LogP contribution in [0.5, 0.6) is 0 Å². The van der Waals surface area contributed by atoms with Gasteiger partial charge < -0.3 is 29.2 Å². The number of carbonyl (C=O) groups excluding carboxylic acids is 1. The molecule has 0 unspecified atom stereocenters. The summed E-state index contributed by atoms with van der Waals surface area (Å²) in [4.78, 5) is 13.8. The highest BCUT2D eigenvalue weighted by molar-refractivity contribution is 6.03. The molecule has 1 heterocycles. The lowest BCUT2D eigenvalue weighted by atomic mass is 9.78. The molecule has 0 bridgehead atoms. The van der Waals surface area contributed by atoms with E-state index in [1.807, 2.05) is 60.7 Å². The number of hydrogen-bond acceptors (Lipinski definition) is 7. The van der Waals surface area contributed by atoms with Gasteiger partial charge in [0.05, 0.1) is 26.4 Å². The van der Waals surface area contributed by atoms with Gasteiger partial charge in [-0.1, -0.05) is 97.1 Å². The fourth-order valence-electron chi connectivity index (χ4n) is 4.41. The predicted octanol–water partition coefficient (Wildman–Crippen LogP) is 3.69. The van der Waals surface area contributed by atoms with Crippen molar-refractivity contribution in [3.05, 3.63) is 120 Å². The van der Waals surface area contributed by atoms with Crippen LogP contribution in [-0.4, -0.2) is 59.4 Å². The summed E-state index contributed by atoms with van der Waals surface area (Å²) in [5.74, 6) is -0.638. The maximum absolute atomic E-state index is 13.8. The molecule has 194 valence electrons. The van der Waals surface area contributed by atoms with Crippen molar-refractivity contribution in [2.24, 2.45) is 0 Å². The van der Waals surface area contributed by atoms with E-state index >= 15 is 0 Å². The molecule has 0 radical (unpaired) electrons. The van der Waals surface area contributed by atoms with Crippen molar-refractivity contribution in [2.75, 3.05) is 13.2 Å². The number of aliphatic hydroxyl groups is 2. The van der Waals surface area contributed by atoms with Gasteiger partial charge in [0.25, 0.3) is 0 Å². The quantitative estimate of drug-likeness (QED) is 0.287. The normalized spacial score (nSPS) is 25.5. The second kappa shape index (κ2) is 12.9. The molecule has 0 amide bonds. The van der Waals surface area contributed by atoms with Crippen molar-refractivity contribution >= 4 is 5.78 Å². The smallest absolute Gasteiger partial charge is 0.199 e. The number of ketones is 1. The van der Waals surface area contributed by atoms with Crippen LogP contribution in [0.1, 0.15) is 21.5 Å². The molecular formula is C30H32O7. The Morgan fingerprint density at radius 3 is 1.95 bits per heavy atom. The predicted molar refractivity (Wildman–Crippen MR) is 138 cm³/mol. The van der Waals surface area contributed by atoms with Crippen LogP contribution in [0.4, 0.5) is 0 Å². The molecule has 2 N–H and O–H groups in total. The second-order valence-electron chi connectivity index (χ2n) is 8.80. The lowest BCUT2D eigenvalue weighted by Gasteiger charge is -2.49.